The lowest BCUT2D eigenvalue weighted by atomic mass is 9.84. The summed E-state index contributed by atoms with van der Waals surface area (Å²) in [5.74, 6) is -21.1. The molecule has 0 spiro atoms. The first-order valence-corrected chi connectivity index (χ1v) is 15.4. The number of rotatable bonds is 8. The van der Waals surface area contributed by atoms with Crippen LogP contribution in [0.15, 0.2) is 48.8 Å². The van der Waals surface area contributed by atoms with E-state index in [1.54, 1.807) is 76.1 Å². The number of hydrogen-bond acceptors (Lipinski definition) is 6. The van der Waals surface area contributed by atoms with Crippen molar-refractivity contribution in [2.45, 2.75) is 19.3 Å². The lowest BCUT2D eigenvalue weighted by Gasteiger charge is -2.28. The molecule has 0 radical (unpaired) electrons. The first-order valence-electron chi connectivity index (χ1n) is 15.4. The summed E-state index contributed by atoms with van der Waals surface area (Å²) < 4.78 is 144. The topological polar surface area (TPSA) is 67.9 Å². The number of hydrogen-bond donors (Lipinski definition) is 0. The molecule has 0 fully saturated rings. The van der Waals surface area contributed by atoms with Crippen LogP contribution in [-0.4, -0.2) is 57.7 Å². The minimum atomic E-state index is -2.31. The highest BCUT2D eigenvalue weighted by Crippen LogP contribution is 2.36. The number of anilines is 2. The third kappa shape index (κ3) is 6.20. The summed E-state index contributed by atoms with van der Waals surface area (Å²) in [5, 5.41) is 8.14. The van der Waals surface area contributed by atoms with Gasteiger partial charge in [-0.2, -0.15) is 10.2 Å². The molecule has 6 rings (SSSR count). The van der Waals surface area contributed by atoms with E-state index in [2.05, 4.69) is 10.2 Å². The van der Waals surface area contributed by atoms with Gasteiger partial charge in [-0.05, 0) is 38.1 Å². The van der Waals surface area contributed by atoms with Crippen molar-refractivity contribution < 1.29 is 43.9 Å². The molecule has 0 bridgehead atoms. The van der Waals surface area contributed by atoms with Gasteiger partial charge >= 0.3 is 0 Å². The average Bonchev–Trinajstić information content (AvgIpc) is 3.82. The second kappa shape index (κ2) is 13.2. The van der Waals surface area contributed by atoms with Crippen LogP contribution < -0.4 is 9.80 Å². The van der Waals surface area contributed by atoms with Crippen LogP contribution in [0.2, 0.25) is 0 Å². The minimum absolute atomic E-state index is 0.0953. The van der Waals surface area contributed by atoms with E-state index in [0.717, 1.165) is 21.5 Å². The quantitative estimate of drug-likeness (QED) is 0.0893. The second-order valence-corrected chi connectivity index (χ2v) is 12.7. The van der Waals surface area contributed by atoms with Crippen molar-refractivity contribution in [2.24, 2.45) is 0 Å². The Bertz CT molecular complexity index is 2200. The van der Waals surface area contributed by atoms with E-state index in [4.69, 9.17) is 9.97 Å². The lowest BCUT2D eigenvalue weighted by molar-refractivity contribution is 0.381. The maximum absolute atomic E-state index is 14.6. The van der Waals surface area contributed by atoms with Crippen molar-refractivity contribution in [3.8, 4) is 34.2 Å². The van der Waals surface area contributed by atoms with Crippen molar-refractivity contribution in [1.29, 1.82) is 0 Å². The predicted octanol–water partition coefficient (Wildman–Crippen LogP) is 8.03. The summed E-state index contributed by atoms with van der Waals surface area (Å²) in [6.07, 6.45) is 2.46. The van der Waals surface area contributed by atoms with Crippen LogP contribution >= 0.6 is 0 Å². The lowest BCUT2D eigenvalue weighted by Crippen LogP contribution is -2.25. The standard InChI is InChI=1S/C35H26F10N8/c1-35(2,19-11-15(50(3)4)13-21(46-19)52-9-7-17(48-52)23-25(36)29(40)33(44)30(41)26(23)37)20-12-16(51(5)6)14-22(47-20)53-10-8-18(49-53)24-27(38)31(42)34(45)32(43)28(24)39/h7-14H,1-6H3. The van der Waals surface area contributed by atoms with Gasteiger partial charge < -0.3 is 9.80 Å². The summed E-state index contributed by atoms with van der Waals surface area (Å²) in [7, 11) is 6.90. The molecule has 8 nitrogen and oxygen atoms in total. The zero-order valence-electron chi connectivity index (χ0n) is 28.5. The number of benzene rings is 2. The van der Waals surface area contributed by atoms with E-state index in [9.17, 15) is 43.9 Å². The molecule has 18 heteroatoms. The van der Waals surface area contributed by atoms with Crippen LogP contribution in [0, 0.1) is 58.2 Å². The summed E-state index contributed by atoms with van der Waals surface area (Å²) in [5.41, 5.74) is -2.77. The van der Waals surface area contributed by atoms with Gasteiger partial charge in [0.1, 0.15) is 0 Å². The molecule has 276 valence electrons. The molecule has 0 atom stereocenters. The van der Waals surface area contributed by atoms with Crippen LogP contribution in [0.1, 0.15) is 25.2 Å². The van der Waals surface area contributed by atoms with Gasteiger partial charge in [-0.3, -0.25) is 0 Å². The maximum atomic E-state index is 14.6. The SMILES string of the molecule is CN(C)c1cc(-n2ccc(-c3c(F)c(F)c(F)c(F)c3F)n2)nc(C(C)(C)c2cc(N(C)C)cc(-n3ccc(-c4c(F)c(F)c(F)c(F)c4F)n3)n2)c1. The maximum Gasteiger partial charge on any atom is 0.200 e. The summed E-state index contributed by atoms with van der Waals surface area (Å²) in [6, 6.07) is 8.69. The molecule has 4 heterocycles. The van der Waals surface area contributed by atoms with Gasteiger partial charge in [-0.15, -0.1) is 0 Å². The fourth-order valence-corrected chi connectivity index (χ4v) is 5.36. The number of halogens is 10. The Morgan fingerprint density at radius 1 is 0.472 bits per heavy atom. The Kier molecular flexibility index (Phi) is 9.20. The number of nitrogens with zero attached hydrogens (tertiary/aromatic N) is 8. The zero-order chi connectivity index (χ0) is 38.8. The van der Waals surface area contributed by atoms with Crippen LogP contribution in [0.5, 0.6) is 0 Å². The first-order chi connectivity index (χ1) is 24.8. The number of pyridine rings is 2. The van der Waals surface area contributed by atoms with Crippen LogP contribution in [0.3, 0.4) is 0 Å². The smallest absolute Gasteiger partial charge is 0.200 e. The predicted molar refractivity (Wildman–Crippen MR) is 174 cm³/mol. The van der Waals surface area contributed by atoms with E-state index >= 15 is 0 Å². The third-order valence-electron chi connectivity index (χ3n) is 8.49. The molecule has 0 saturated heterocycles. The van der Waals surface area contributed by atoms with Crippen molar-refractivity contribution >= 4 is 11.4 Å². The molecule has 0 saturated carbocycles. The van der Waals surface area contributed by atoms with Gasteiger partial charge in [0.2, 0.25) is 11.6 Å². The monoisotopic (exact) mass is 748 g/mol. The largest absolute Gasteiger partial charge is 0.377 e. The molecule has 0 unspecified atom stereocenters. The Balaban J connectivity index is 1.45. The Morgan fingerprint density at radius 3 is 1.08 bits per heavy atom. The molecule has 0 aliphatic rings. The fraction of sp³-hybridized carbons (Fsp3) is 0.200. The molecular formula is C35H26F10N8. The Morgan fingerprint density at radius 2 is 0.774 bits per heavy atom. The van der Waals surface area contributed by atoms with Gasteiger partial charge in [0.25, 0.3) is 0 Å². The highest BCUT2D eigenvalue weighted by molar-refractivity contribution is 5.63. The van der Waals surface area contributed by atoms with Crippen LogP contribution in [0.25, 0.3) is 34.2 Å². The highest BCUT2D eigenvalue weighted by Gasteiger charge is 2.32. The van der Waals surface area contributed by atoms with E-state index in [-0.39, 0.29) is 11.6 Å². The van der Waals surface area contributed by atoms with E-state index < -0.39 is 86.1 Å². The van der Waals surface area contributed by atoms with Gasteiger partial charge in [0.05, 0.1) is 33.9 Å². The third-order valence-corrected chi connectivity index (χ3v) is 8.49. The van der Waals surface area contributed by atoms with Gasteiger partial charge in [-0.25, -0.2) is 63.2 Å². The molecule has 0 amide bonds. The second-order valence-electron chi connectivity index (χ2n) is 12.7. The van der Waals surface area contributed by atoms with Crippen LogP contribution in [-0.2, 0) is 5.41 Å². The minimum Gasteiger partial charge on any atom is -0.377 e. The molecular weight excluding hydrogens is 722 g/mol. The molecule has 4 aromatic heterocycles. The highest BCUT2D eigenvalue weighted by atomic mass is 19.2. The van der Waals surface area contributed by atoms with E-state index in [0.29, 0.717) is 22.8 Å². The van der Waals surface area contributed by atoms with Crippen molar-refractivity contribution in [1.82, 2.24) is 29.5 Å². The molecule has 0 aliphatic heterocycles. The van der Waals surface area contributed by atoms with Crippen molar-refractivity contribution in [2.75, 3.05) is 38.0 Å². The van der Waals surface area contributed by atoms with Gasteiger partial charge in [0, 0.05) is 69.5 Å². The van der Waals surface area contributed by atoms with Gasteiger partial charge in [-0.1, -0.05) is 0 Å². The van der Waals surface area contributed by atoms with E-state index in [1.807, 2.05) is 0 Å². The van der Waals surface area contributed by atoms with Gasteiger partial charge in [0.15, 0.2) is 58.2 Å². The summed E-state index contributed by atoms with van der Waals surface area (Å²) in [4.78, 5) is 12.9. The normalized spacial score (nSPS) is 11.8. The molecule has 0 aliphatic carbocycles. The molecule has 2 aromatic carbocycles. The Hall–Kier alpha value is -5.94. The number of aromatic nitrogens is 6. The first kappa shape index (κ1) is 36.8. The zero-order valence-corrected chi connectivity index (χ0v) is 28.5. The summed E-state index contributed by atoms with van der Waals surface area (Å²) >= 11 is 0. The van der Waals surface area contributed by atoms with Crippen molar-refractivity contribution in [3.63, 3.8) is 0 Å². The Labute approximate surface area is 294 Å². The van der Waals surface area contributed by atoms with Crippen molar-refractivity contribution in [3.05, 3.63) is 118 Å². The fourth-order valence-electron chi connectivity index (χ4n) is 5.36. The molecule has 6 aromatic rings. The van der Waals surface area contributed by atoms with Crippen LogP contribution in [0.4, 0.5) is 55.3 Å². The summed E-state index contributed by atoms with van der Waals surface area (Å²) in [6.45, 7) is 3.52. The molecule has 0 N–H and O–H groups in total. The van der Waals surface area contributed by atoms with E-state index in [1.165, 1.54) is 12.4 Å². The average molecular weight is 749 g/mol. The molecule has 53 heavy (non-hydrogen) atoms.